The highest BCUT2D eigenvalue weighted by atomic mass is 32.2. The molecule has 1 fully saturated rings. The van der Waals surface area contributed by atoms with Crippen LogP contribution in [0.1, 0.15) is 26.2 Å². The fourth-order valence-electron chi connectivity index (χ4n) is 1.07. The van der Waals surface area contributed by atoms with Gasteiger partial charge in [0.25, 0.3) is 0 Å². The summed E-state index contributed by atoms with van der Waals surface area (Å²) in [5.74, 6) is 0.499. The van der Waals surface area contributed by atoms with Gasteiger partial charge in [-0.15, -0.1) is 0 Å². The van der Waals surface area contributed by atoms with Gasteiger partial charge >= 0.3 is 0 Å². The molecule has 0 bridgehead atoms. The van der Waals surface area contributed by atoms with Crippen LogP contribution < -0.4 is 4.83 Å². The van der Waals surface area contributed by atoms with Crippen molar-refractivity contribution < 1.29 is 8.42 Å². The largest absolute Gasteiger partial charge is 0.244 e. The van der Waals surface area contributed by atoms with Crippen molar-refractivity contribution in [3.05, 3.63) is 0 Å². The van der Waals surface area contributed by atoms with Crippen molar-refractivity contribution >= 4 is 15.7 Å². The molecule has 0 unspecified atom stereocenters. The lowest BCUT2D eigenvalue weighted by Gasteiger charge is -2.24. The Bertz CT molecular complexity index is 278. The molecular weight excluding hydrogens is 176 g/mol. The zero-order valence-electron chi connectivity index (χ0n) is 7.37. The van der Waals surface area contributed by atoms with Crippen LogP contribution in [-0.4, -0.2) is 20.4 Å². The molecule has 0 atom stereocenters. The van der Waals surface area contributed by atoms with E-state index in [0.29, 0.717) is 5.92 Å². The topological polar surface area (TPSA) is 58.5 Å². The Balaban J connectivity index is 2.45. The zero-order chi connectivity index (χ0) is 9.19. The maximum absolute atomic E-state index is 10.6. The molecule has 0 amide bonds. The lowest BCUT2D eigenvalue weighted by molar-refractivity contribution is 0.411. The molecule has 1 aliphatic rings. The van der Waals surface area contributed by atoms with Crippen LogP contribution in [0, 0.1) is 5.92 Å². The van der Waals surface area contributed by atoms with E-state index in [-0.39, 0.29) is 0 Å². The Hall–Kier alpha value is -0.580. The summed E-state index contributed by atoms with van der Waals surface area (Å²) in [6, 6.07) is 0. The first-order valence-corrected chi connectivity index (χ1v) is 5.89. The van der Waals surface area contributed by atoms with Crippen LogP contribution in [0.4, 0.5) is 0 Å². The molecule has 0 aromatic carbocycles. The molecular formula is C7H14N2O2S. The van der Waals surface area contributed by atoms with Crippen LogP contribution >= 0.6 is 0 Å². The summed E-state index contributed by atoms with van der Waals surface area (Å²) in [5.41, 5.74) is 0.895. The number of hydrogen-bond acceptors (Lipinski definition) is 3. The summed E-state index contributed by atoms with van der Waals surface area (Å²) in [4.78, 5) is 2.13. The van der Waals surface area contributed by atoms with E-state index in [1.807, 2.05) is 6.92 Å². The van der Waals surface area contributed by atoms with Gasteiger partial charge in [0, 0.05) is 5.71 Å². The minimum absolute atomic E-state index is 0.499. The smallest absolute Gasteiger partial charge is 0.206 e. The molecule has 70 valence electrons. The average Bonchev–Trinajstić information content (AvgIpc) is 1.78. The van der Waals surface area contributed by atoms with Crippen molar-refractivity contribution in [3.63, 3.8) is 0 Å². The van der Waals surface area contributed by atoms with Gasteiger partial charge in [0.2, 0.25) is 10.0 Å². The van der Waals surface area contributed by atoms with Crippen molar-refractivity contribution in [1.29, 1.82) is 0 Å². The second-order valence-electron chi connectivity index (χ2n) is 3.24. The Morgan fingerprint density at radius 2 is 2.08 bits per heavy atom. The lowest BCUT2D eigenvalue weighted by Crippen LogP contribution is -2.24. The first-order valence-electron chi connectivity index (χ1n) is 4.00. The van der Waals surface area contributed by atoms with E-state index in [2.05, 4.69) is 9.93 Å². The maximum atomic E-state index is 10.6. The Morgan fingerprint density at radius 1 is 1.50 bits per heavy atom. The molecule has 1 N–H and O–H groups in total. The highest BCUT2D eigenvalue weighted by Crippen LogP contribution is 2.27. The van der Waals surface area contributed by atoms with Gasteiger partial charge in [-0.05, 0) is 25.7 Å². The number of rotatable bonds is 3. The fraction of sp³-hybridized carbons (Fsp3) is 0.857. The Kier molecular flexibility index (Phi) is 2.72. The van der Waals surface area contributed by atoms with E-state index in [0.717, 1.165) is 24.8 Å². The van der Waals surface area contributed by atoms with Crippen molar-refractivity contribution in [2.45, 2.75) is 26.2 Å². The zero-order valence-corrected chi connectivity index (χ0v) is 8.19. The van der Waals surface area contributed by atoms with E-state index in [1.165, 1.54) is 6.42 Å². The van der Waals surface area contributed by atoms with Gasteiger partial charge < -0.3 is 0 Å². The lowest BCUT2D eigenvalue weighted by atomic mass is 9.82. The monoisotopic (exact) mass is 190 g/mol. The van der Waals surface area contributed by atoms with Crippen LogP contribution in [0.15, 0.2) is 5.10 Å². The third kappa shape index (κ3) is 2.81. The summed E-state index contributed by atoms with van der Waals surface area (Å²) in [6.45, 7) is 1.86. The van der Waals surface area contributed by atoms with Crippen LogP contribution in [0.25, 0.3) is 0 Å². The number of nitrogens with zero attached hydrogens (tertiary/aromatic N) is 1. The highest BCUT2D eigenvalue weighted by Gasteiger charge is 2.20. The molecule has 0 aromatic heterocycles. The Morgan fingerprint density at radius 3 is 2.42 bits per heavy atom. The molecule has 0 aliphatic heterocycles. The minimum atomic E-state index is -3.17. The van der Waals surface area contributed by atoms with Crippen molar-refractivity contribution in [2.24, 2.45) is 11.0 Å². The quantitative estimate of drug-likeness (QED) is 0.526. The average molecular weight is 190 g/mol. The number of nitrogens with one attached hydrogen (secondary N) is 1. The molecule has 12 heavy (non-hydrogen) atoms. The van der Waals surface area contributed by atoms with Crippen molar-refractivity contribution in [3.8, 4) is 0 Å². The van der Waals surface area contributed by atoms with Gasteiger partial charge in [-0.25, -0.2) is 13.2 Å². The molecule has 1 rings (SSSR count). The number of hydrazone groups is 1. The van der Waals surface area contributed by atoms with E-state index in [9.17, 15) is 8.42 Å². The summed E-state index contributed by atoms with van der Waals surface area (Å²) in [6.07, 6.45) is 4.61. The van der Waals surface area contributed by atoms with Crippen molar-refractivity contribution in [1.82, 2.24) is 4.83 Å². The van der Waals surface area contributed by atoms with E-state index < -0.39 is 10.0 Å². The first-order chi connectivity index (χ1) is 5.49. The van der Waals surface area contributed by atoms with E-state index >= 15 is 0 Å². The van der Waals surface area contributed by atoms with Gasteiger partial charge in [0.05, 0.1) is 6.26 Å². The summed E-state index contributed by atoms with van der Waals surface area (Å²) < 4.78 is 21.3. The minimum Gasteiger partial charge on any atom is -0.206 e. The molecule has 4 nitrogen and oxygen atoms in total. The molecule has 5 heteroatoms. The predicted molar refractivity (Wildman–Crippen MR) is 48.4 cm³/mol. The van der Waals surface area contributed by atoms with Crippen LogP contribution in [0.2, 0.25) is 0 Å². The second-order valence-corrected chi connectivity index (χ2v) is 4.97. The van der Waals surface area contributed by atoms with Gasteiger partial charge in [-0.2, -0.15) is 5.10 Å². The first kappa shape index (κ1) is 9.51. The van der Waals surface area contributed by atoms with Gasteiger partial charge in [0.15, 0.2) is 0 Å². The highest BCUT2D eigenvalue weighted by molar-refractivity contribution is 7.88. The van der Waals surface area contributed by atoms with Gasteiger partial charge in [-0.1, -0.05) is 6.42 Å². The SMILES string of the molecule is C/C(=N\NS(C)(=O)=O)C1CCC1. The van der Waals surface area contributed by atoms with Gasteiger partial charge in [-0.3, -0.25) is 0 Å². The molecule has 0 radical (unpaired) electrons. The maximum Gasteiger partial charge on any atom is 0.244 e. The third-order valence-corrected chi connectivity index (χ3v) is 2.51. The molecule has 1 saturated carbocycles. The molecule has 1 aliphatic carbocycles. The summed E-state index contributed by atoms with van der Waals surface area (Å²) >= 11 is 0. The van der Waals surface area contributed by atoms with E-state index in [4.69, 9.17) is 0 Å². The fourth-order valence-corrected chi connectivity index (χ4v) is 1.38. The summed E-state index contributed by atoms with van der Waals surface area (Å²) in [5, 5.41) is 3.80. The second kappa shape index (κ2) is 3.43. The predicted octanol–water partition coefficient (Wildman–Crippen LogP) is 0.712. The molecule has 0 saturated heterocycles. The normalized spacial score (nSPS) is 20.3. The third-order valence-electron chi connectivity index (χ3n) is 2.08. The van der Waals surface area contributed by atoms with Crippen LogP contribution in [0.5, 0.6) is 0 Å². The van der Waals surface area contributed by atoms with E-state index in [1.54, 1.807) is 0 Å². The molecule has 0 aromatic rings. The molecule has 0 spiro atoms. The number of hydrogen-bond donors (Lipinski definition) is 1. The Labute approximate surface area is 73.1 Å². The molecule has 0 heterocycles. The van der Waals surface area contributed by atoms with Gasteiger partial charge in [0.1, 0.15) is 0 Å². The van der Waals surface area contributed by atoms with Crippen molar-refractivity contribution in [2.75, 3.05) is 6.26 Å². The van der Waals surface area contributed by atoms with Crippen LogP contribution in [-0.2, 0) is 10.0 Å². The van der Waals surface area contributed by atoms with Crippen LogP contribution in [0.3, 0.4) is 0 Å². The number of sulfonamides is 1. The summed E-state index contributed by atoms with van der Waals surface area (Å²) in [7, 11) is -3.17. The standard InChI is InChI=1S/C7H14N2O2S/c1-6(7-4-3-5-7)8-9-12(2,10)11/h7,9H,3-5H2,1-2H3/b8-6+.